The lowest BCUT2D eigenvalue weighted by atomic mass is 10.7. The summed E-state index contributed by atoms with van der Waals surface area (Å²) in [5.74, 6) is 0. The van der Waals surface area contributed by atoms with Gasteiger partial charge in [0.05, 0.1) is 0 Å². The Balaban J connectivity index is 3.39. The predicted molar refractivity (Wildman–Crippen MR) is 31.2 cm³/mol. The molecule has 0 saturated heterocycles. The third-order valence-corrected chi connectivity index (χ3v) is 0.564. The first-order valence-corrected chi connectivity index (χ1v) is 3.06. The van der Waals surface area contributed by atoms with Crippen LogP contribution in [0.25, 0.3) is 0 Å². The van der Waals surface area contributed by atoms with E-state index in [9.17, 15) is 4.39 Å². The van der Waals surface area contributed by atoms with Gasteiger partial charge in [-0.3, -0.25) is 0 Å². The van der Waals surface area contributed by atoms with Gasteiger partial charge in [-0.2, -0.15) is 4.39 Å². The Morgan fingerprint density at radius 1 is 1.88 bits per heavy atom. The minimum atomic E-state index is -2.52. The molecule has 2 atom stereocenters. The SMILES string of the molecule is CC(Br)OC(C)(O)F. The topological polar surface area (TPSA) is 29.5 Å². The van der Waals surface area contributed by atoms with Crippen LogP contribution in [0.4, 0.5) is 4.39 Å². The largest absolute Gasteiger partial charge is 0.340 e. The molecule has 0 spiro atoms. The van der Waals surface area contributed by atoms with E-state index in [4.69, 9.17) is 5.11 Å². The molecule has 0 radical (unpaired) electrons. The van der Waals surface area contributed by atoms with Gasteiger partial charge in [0.25, 0.3) is 0 Å². The van der Waals surface area contributed by atoms with Gasteiger partial charge in [0.2, 0.25) is 0 Å². The van der Waals surface area contributed by atoms with Crippen molar-refractivity contribution < 1.29 is 14.2 Å². The van der Waals surface area contributed by atoms with E-state index >= 15 is 0 Å². The number of ether oxygens (including phenoxy) is 1. The Hall–Kier alpha value is 0.330. The van der Waals surface area contributed by atoms with Crippen molar-refractivity contribution in [3.8, 4) is 0 Å². The number of hydrogen-bond donors (Lipinski definition) is 1. The molecule has 0 aromatic rings. The van der Waals surface area contributed by atoms with Crippen molar-refractivity contribution >= 4 is 15.9 Å². The summed E-state index contributed by atoms with van der Waals surface area (Å²) in [5, 5.41) is 7.80. The maximum absolute atomic E-state index is 11.9. The molecule has 2 unspecified atom stereocenters. The van der Waals surface area contributed by atoms with Crippen LogP contribution >= 0.6 is 15.9 Å². The van der Waals surface area contributed by atoms with Gasteiger partial charge in [-0.15, -0.1) is 0 Å². The monoisotopic (exact) mass is 186 g/mol. The molecule has 50 valence electrons. The number of hydrogen-bond acceptors (Lipinski definition) is 2. The van der Waals surface area contributed by atoms with Crippen LogP contribution in [0.1, 0.15) is 13.8 Å². The molecular weight excluding hydrogens is 179 g/mol. The summed E-state index contributed by atoms with van der Waals surface area (Å²) in [7, 11) is 0. The highest BCUT2D eigenvalue weighted by atomic mass is 79.9. The van der Waals surface area contributed by atoms with Gasteiger partial charge < -0.3 is 9.84 Å². The van der Waals surface area contributed by atoms with Gasteiger partial charge >= 0.3 is 6.04 Å². The average Bonchev–Trinajstić information content (AvgIpc) is 1.21. The second-order valence-corrected chi connectivity index (χ2v) is 2.82. The molecule has 0 aromatic heterocycles. The van der Waals surface area contributed by atoms with Crippen LogP contribution in [0, 0.1) is 0 Å². The zero-order valence-electron chi connectivity index (χ0n) is 4.69. The van der Waals surface area contributed by atoms with E-state index in [1.54, 1.807) is 6.92 Å². The van der Waals surface area contributed by atoms with E-state index in [-0.39, 0.29) is 0 Å². The van der Waals surface area contributed by atoms with Gasteiger partial charge in [-0.25, -0.2) is 0 Å². The fourth-order valence-electron chi connectivity index (χ4n) is 0.296. The van der Waals surface area contributed by atoms with Crippen molar-refractivity contribution in [3.63, 3.8) is 0 Å². The number of halogens is 2. The van der Waals surface area contributed by atoms with Crippen LogP contribution in [-0.2, 0) is 4.74 Å². The third kappa shape index (κ3) is 6.33. The lowest BCUT2D eigenvalue weighted by molar-refractivity contribution is -0.279. The number of rotatable bonds is 2. The lowest BCUT2D eigenvalue weighted by Crippen LogP contribution is -2.23. The maximum atomic E-state index is 11.9. The van der Waals surface area contributed by atoms with Crippen LogP contribution in [0.2, 0.25) is 0 Å². The molecule has 2 nitrogen and oxygen atoms in total. The molecule has 0 aliphatic rings. The molecule has 0 aliphatic heterocycles. The molecule has 0 rings (SSSR count). The molecule has 0 heterocycles. The van der Waals surface area contributed by atoms with Crippen LogP contribution in [0.5, 0.6) is 0 Å². The van der Waals surface area contributed by atoms with Crippen LogP contribution in [0.15, 0.2) is 0 Å². The smallest absolute Gasteiger partial charge is 0.316 e. The van der Waals surface area contributed by atoms with Crippen molar-refractivity contribution in [2.75, 3.05) is 0 Å². The fraction of sp³-hybridized carbons (Fsp3) is 1.00. The lowest BCUT2D eigenvalue weighted by Gasteiger charge is -2.14. The summed E-state index contributed by atoms with van der Waals surface area (Å²) in [6.07, 6.45) is 0. The number of aliphatic hydroxyl groups is 1. The Bertz CT molecular complexity index is 68.9. The van der Waals surface area contributed by atoms with Crippen molar-refractivity contribution in [2.45, 2.75) is 24.9 Å². The minimum Gasteiger partial charge on any atom is -0.340 e. The molecular formula is C4H8BrFO2. The van der Waals surface area contributed by atoms with Gasteiger partial charge in [0.1, 0.15) is 5.01 Å². The predicted octanol–water partition coefficient (Wildman–Crippen LogP) is 1.38. The second-order valence-electron chi connectivity index (χ2n) is 1.53. The van der Waals surface area contributed by atoms with Crippen molar-refractivity contribution in [1.82, 2.24) is 0 Å². The van der Waals surface area contributed by atoms with E-state index < -0.39 is 11.1 Å². The Labute approximate surface area is 55.8 Å². The van der Waals surface area contributed by atoms with Crippen molar-refractivity contribution in [3.05, 3.63) is 0 Å². The molecule has 0 aliphatic carbocycles. The Morgan fingerprint density at radius 3 is 2.25 bits per heavy atom. The highest BCUT2D eigenvalue weighted by Gasteiger charge is 2.20. The molecule has 0 aromatic carbocycles. The molecule has 0 bridgehead atoms. The molecule has 1 N–H and O–H groups in total. The summed E-state index contributed by atoms with van der Waals surface area (Å²) in [4.78, 5) is 0. The maximum Gasteiger partial charge on any atom is 0.316 e. The van der Waals surface area contributed by atoms with Gasteiger partial charge in [0.15, 0.2) is 0 Å². The van der Waals surface area contributed by atoms with Crippen molar-refractivity contribution in [1.29, 1.82) is 0 Å². The normalized spacial score (nSPS) is 22.1. The Kier molecular flexibility index (Phi) is 2.87. The summed E-state index contributed by atoms with van der Waals surface area (Å²) in [6.45, 7) is 2.48. The first kappa shape index (κ1) is 8.33. The summed E-state index contributed by atoms with van der Waals surface area (Å²) < 4.78 is 16.2. The first-order chi connectivity index (χ1) is 3.42. The molecule has 4 heteroatoms. The third-order valence-electron chi connectivity index (χ3n) is 0.377. The molecule has 0 fully saturated rings. The van der Waals surface area contributed by atoms with Gasteiger partial charge in [0, 0.05) is 6.92 Å². The van der Waals surface area contributed by atoms with Crippen molar-refractivity contribution in [2.24, 2.45) is 0 Å². The van der Waals surface area contributed by atoms with E-state index in [0.717, 1.165) is 6.92 Å². The second kappa shape index (κ2) is 2.75. The highest BCUT2D eigenvalue weighted by molar-refractivity contribution is 9.09. The minimum absolute atomic E-state index is 0.470. The summed E-state index contributed by atoms with van der Waals surface area (Å²) >= 11 is 2.89. The summed E-state index contributed by atoms with van der Waals surface area (Å²) in [5.41, 5.74) is 0. The average molecular weight is 187 g/mol. The summed E-state index contributed by atoms with van der Waals surface area (Å²) in [6, 6.07) is -2.52. The van der Waals surface area contributed by atoms with Crippen LogP contribution in [0.3, 0.4) is 0 Å². The molecule has 8 heavy (non-hydrogen) atoms. The standard InChI is InChI=1S/C4H8BrFO2/c1-3(5)8-4(2,6)7/h3,7H,1-2H3. The van der Waals surface area contributed by atoms with E-state index in [1.807, 2.05) is 0 Å². The highest BCUT2D eigenvalue weighted by Crippen LogP contribution is 2.13. The number of alkyl halides is 2. The van der Waals surface area contributed by atoms with Crippen LogP contribution < -0.4 is 0 Å². The zero-order valence-corrected chi connectivity index (χ0v) is 6.27. The molecule has 0 amide bonds. The fourth-order valence-corrected chi connectivity index (χ4v) is 0.638. The zero-order chi connectivity index (χ0) is 6.78. The van der Waals surface area contributed by atoms with E-state index in [2.05, 4.69) is 20.7 Å². The van der Waals surface area contributed by atoms with Gasteiger partial charge in [-0.1, -0.05) is 15.9 Å². The van der Waals surface area contributed by atoms with Gasteiger partial charge in [-0.05, 0) is 6.92 Å². The quantitative estimate of drug-likeness (QED) is 0.522. The van der Waals surface area contributed by atoms with E-state index in [0.29, 0.717) is 0 Å². The first-order valence-electron chi connectivity index (χ1n) is 2.15. The Morgan fingerprint density at radius 2 is 2.25 bits per heavy atom. The van der Waals surface area contributed by atoms with E-state index in [1.165, 1.54) is 0 Å². The van der Waals surface area contributed by atoms with Crippen LogP contribution in [-0.4, -0.2) is 16.2 Å². The molecule has 0 saturated carbocycles.